The maximum Gasteiger partial charge on any atom is 0.356 e. The van der Waals surface area contributed by atoms with E-state index in [0.29, 0.717) is 11.5 Å². The van der Waals surface area contributed by atoms with Crippen molar-refractivity contribution in [2.24, 2.45) is 4.99 Å². The first kappa shape index (κ1) is 11.0. The van der Waals surface area contributed by atoms with Crippen molar-refractivity contribution in [1.29, 1.82) is 0 Å². The lowest BCUT2D eigenvalue weighted by molar-refractivity contribution is -0.136. The van der Waals surface area contributed by atoms with Crippen molar-refractivity contribution in [1.82, 2.24) is 0 Å². The van der Waals surface area contributed by atoms with Gasteiger partial charge in [0.1, 0.15) is 5.70 Å². The molecule has 0 radical (unpaired) electrons. The number of esters is 1. The fourth-order valence-corrected chi connectivity index (χ4v) is 1.45. The number of carbonyl (C=O) groups is 1. The minimum absolute atomic E-state index is 0.251. The molecule has 0 spiro atoms. The zero-order chi connectivity index (χ0) is 10.6. The molecule has 0 N–H and O–H groups in total. The van der Waals surface area contributed by atoms with Gasteiger partial charge in [-0.05, 0) is 18.1 Å². The number of carbonyl (C=O) groups excluding carboxylic acids is 1. The van der Waals surface area contributed by atoms with Gasteiger partial charge in [0.25, 0.3) is 0 Å². The smallest absolute Gasteiger partial charge is 0.356 e. The Kier molecular flexibility index (Phi) is 3.89. The van der Waals surface area contributed by atoms with E-state index in [1.807, 2.05) is 6.92 Å². The minimum atomic E-state index is -0.461. The van der Waals surface area contributed by atoms with Crippen LogP contribution in [0.4, 0.5) is 0 Å². The number of allylic oxidation sites excluding steroid dienone is 3. The van der Waals surface area contributed by atoms with Gasteiger partial charge in [0.2, 0.25) is 0 Å². The molecule has 14 heavy (non-hydrogen) atoms. The summed E-state index contributed by atoms with van der Waals surface area (Å²) in [5.74, 6) is -0.461. The van der Waals surface area contributed by atoms with Crippen LogP contribution in [0.25, 0.3) is 0 Å². The summed E-state index contributed by atoms with van der Waals surface area (Å²) < 4.78 is 4.56. The van der Waals surface area contributed by atoms with Crippen LogP contribution in [0.1, 0.15) is 19.8 Å². The molecule has 0 aromatic carbocycles. The van der Waals surface area contributed by atoms with Crippen LogP contribution in [0.3, 0.4) is 0 Å². The van der Waals surface area contributed by atoms with E-state index >= 15 is 0 Å². The third kappa shape index (κ3) is 2.45. The van der Waals surface area contributed by atoms with Gasteiger partial charge in [-0.1, -0.05) is 18.5 Å². The number of rotatable bonds is 2. The zero-order valence-electron chi connectivity index (χ0n) is 8.21. The van der Waals surface area contributed by atoms with Gasteiger partial charge in [-0.2, -0.15) is 0 Å². The maximum absolute atomic E-state index is 11.2. The van der Waals surface area contributed by atoms with Crippen molar-refractivity contribution in [3.8, 4) is 0 Å². The Bertz CT molecular complexity index is 329. The topological polar surface area (TPSA) is 38.7 Å². The lowest BCUT2D eigenvalue weighted by Crippen LogP contribution is -2.02. The highest BCUT2D eigenvalue weighted by atomic mass is 35.5. The number of hydrogen-bond acceptors (Lipinski definition) is 3. The summed E-state index contributed by atoms with van der Waals surface area (Å²) in [5, 5.41) is 0.588. The number of ether oxygens (including phenoxy) is 1. The number of hydrogen-bond donors (Lipinski definition) is 0. The molecular formula is C10H12ClNO2. The third-order valence-electron chi connectivity index (χ3n) is 1.99. The van der Waals surface area contributed by atoms with E-state index in [-0.39, 0.29) is 5.70 Å². The number of halogens is 1. The van der Waals surface area contributed by atoms with E-state index in [1.54, 1.807) is 12.3 Å². The molecular weight excluding hydrogens is 202 g/mol. The van der Waals surface area contributed by atoms with E-state index in [0.717, 1.165) is 12.0 Å². The van der Waals surface area contributed by atoms with E-state index in [2.05, 4.69) is 9.73 Å². The Morgan fingerprint density at radius 2 is 2.43 bits per heavy atom. The van der Waals surface area contributed by atoms with Crippen LogP contribution < -0.4 is 0 Å². The summed E-state index contributed by atoms with van der Waals surface area (Å²) in [6.45, 7) is 2.02. The molecule has 0 amide bonds. The van der Waals surface area contributed by atoms with Gasteiger partial charge in [0.05, 0.1) is 7.11 Å². The predicted octanol–water partition coefficient (Wildman–Crippen LogP) is 2.42. The van der Waals surface area contributed by atoms with Crippen LogP contribution in [-0.2, 0) is 9.53 Å². The molecule has 0 atom stereocenters. The van der Waals surface area contributed by atoms with E-state index in [1.165, 1.54) is 7.11 Å². The monoisotopic (exact) mass is 213 g/mol. The predicted molar refractivity (Wildman–Crippen MR) is 56.4 cm³/mol. The number of methoxy groups -OCH3 is 1. The maximum atomic E-state index is 11.2. The van der Waals surface area contributed by atoms with Crippen LogP contribution in [0, 0.1) is 0 Å². The Morgan fingerprint density at radius 3 is 3.00 bits per heavy atom. The van der Waals surface area contributed by atoms with Crippen molar-refractivity contribution in [2.45, 2.75) is 19.8 Å². The molecule has 0 aliphatic carbocycles. The summed E-state index contributed by atoms with van der Waals surface area (Å²) in [6, 6.07) is 0. The van der Waals surface area contributed by atoms with E-state index in [9.17, 15) is 4.79 Å². The normalized spacial score (nSPS) is 16.4. The van der Waals surface area contributed by atoms with Crippen molar-refractivity contribution in [2.75, 3.05) is 7.11 Å². The summed E-state index contributed by atoms with van der Waals surface area (Å²) >= 11 is 6.00. The third-order valence-corrected chi connectivity index (χ3v) is 2.37. The SMILES string of the molecule is CCC1=C(Cl)C=C(C(=O)OC)N=CC1. The van der Waals surface area contributed by atoms with Crippen molar-refractivity contribution >= 4 is 23.8 Å². The lowest BCUT2D eigenvalue weighted by Gasteiger charge is -1.99. The van der Waals surface area contributed by atoms with Crippen molar-refractivity contribution < 1.29 is 9.53 Å². The molecule has 1 rings (SSSR count). The quantitative estimate of drug-likeness (QED) is 0.661. The second-order valence-electron chi connectivity index (χ2n) is 2.84. The Hall–Kier alpha value is -1.09. The second kappa shape index (κ2) is 4.96. The van der Waals surface area contributed by atoms with Crippen LogP contribution in [-0.4, -0.2) is 19.3 Å². The zero-order valence-corrected chi connectivity index (χ0v) is 8.97. The van der Waals surface area contributed by atoms with Crippen molar-refractivity contribution in [3.63, 3.8) is 0 Å². The highest BCUT2D eigenvalue weighted by Gasteiger charge is 2.12. The number of nitrogens with zero attached hydrogens (tertiary/aromatic N) is 1. The van der Waals surface area contributed by atoms with Gasteiger partial charge in [-0.15, -0.1) is 0 Å². The van der Waals surface area contributed by atoms with Gasteiger partial charge in [-0.25, -0.2) is 4.79 Å². The van der Waals surface area contributed by atoms with E-state index < -0.39 is 5.97 Å². The molecule has 1 aliphatic rings. The van der Waals surface area contributed by atoms with Crippen LogP contribution in [0.15, 0.2) is 27.4 Å². The van der Waals surface area contributed by atoms with Crippen LogP contribution in [0.5, 0.6) is 0 Å². The lowest BCUT2D eigenvalue weighted by atomic mass is 10.1. The fraction of sp³-hybridized carbons (Fsp3) is 0.400. The molecule has 0 saturated heterocycles. The van der Waals surface area contributed by atoms with Gasteiger partial charge >= 0.3 is 5.97 Å². The summed E-state index contributed by atoms with van der Waals surface area (Å²) in [7, 11) is 1.32. The minimum Gasteiger partial charge on any atom is -0.464 e. The average Bonchev–Trinajstić information content (AvgIpc) is 2.38. The largest absolute Gasteiger partial charge is 0.464 e. The first-order valence-corrected chi connectivity index (χ1v) is 4.77. The standard InChI is InChI=1S/C10H12ClNO2/c1-3-7-4-5-12-9(6-8(7)11)10(13)14-2/h5-6H,3-4H2,1-2H3. The molecule has 0 aromatic rings. The van der Waals surface area contributed by atoms with Gasteiger partial charge in [0.15, 0.2) is 0 Å². The summed E-state index contributed by atoms with van der Waals surface area (Å²) in [4.78, 5) is 15.2. The first-order chi connectivity index (χ1) is 6.69. The Labute approximate surface area is 88.1 Å². The van der Waals surface area contributed by atoms with Gasteiger partial charge in [0, 0.05) is 17.7 Å². The van der Waals surface area contributed by atoms with Gasteiger partial charge in [-0.3, -0.25) is 4.99 Å². The molecule has 0 saturated carbocycles. The highest BCUT2D eigenvalue weighted by molar-refractivity contribution is 6.32. The molecule has 1 aliphatic heterocycles. The molecule has 0 unspecified atom stereocenters. The Morgan fingerprint density at radius 1 is 1.71 bits per heavy atom. The molecule has 0 fully saturated rings. The second-order valence-corrected chi connectivity index (χ2v) is 3.25. The van der Waals surface area contributed by atoms with Crippen LogP contribution >= 0.6 is 11.6 Å². The molecule has 4 heteroatoms. The summed E-state index contributed by atoms with van der Waals surface area (Å²) in [6.07, 6.45) is 4.77. The van der Waals surface area contributed by atoms with E-state index in [4.69, 9.17) is 11.6 Å². The van der Waals surface area contributed by atoms with Gasteiger partial charge < -0.3 is 4.74 Å². The molecule has 76 valence electrons. The van der Waals surface area contributed by atoms with Crippen LogP contribution in [0.2, 0.25) is 0 Å². The summed E-state index contributed by atoms with van der Waals surface area (Å²) in [5.41, 5.74) is 1.33. The Balaban J connectivity index is 2.99. The molecule has 0 aromatic heterocycles. The molecule has 3 nitrogen and oxygen atoms in total. The fourth-order valence-electron chi connectivity index (χ4n) is 1.14. The average molecular weight is 214 g/mol. The molecule has 1 heterocycles. The first-order valence-electron chi connectivity index (χ1n) is 4.39. The molecule has 0 bridgehead atoms. The highest BCUT2D eigenvalue weighted by Crippen LogP contribution is 2.21. The van der Waals surface area contributed by atoms with Crippen molar-refractivity contribution in [3.05, 3.63) is 22.4 Å². The number of aliphatic imine (C=N–C) groups is 1.